The summed E-state index contributed by atoms with van der Waals surface area (Å²) in [5.74, 6) is 0. The molecule has 66 valence electrons. The van der Waals surface area contributed by atoms with Crippen LogP contribution < -0.4 is 0 Å². The molecule has 0 aliphatic heterocycles. The van der Waals surface area contributed by atoms with E-state index >= 15 is 0 Å². The van der Waals surface area contributed by atoms with Gasteiger partial charge in [0.05, 0.1) is 0 Å². The molecule has 0 N–H and O–H groups in total. The highest BCUT2D eigenvalue weighted by Crippen LogP contribution is 2.06. The minimum Gasteiger partial charge on any atom is -0.414 e. The van der Waals surface area contributed by atoms with E-state index in [4.69, 9.17) is 4.43 Å². The van der Waals surface area contributed by atoms with Gasteiger partial charge in [-0.25, -0.2) is 0 Å². The van der Waals surface area contributed by atoms with Crippen molar-refractivity contribution < 1.29 is 4.43 Å². The van der Waals surface area contributed by atoms with Crippen molar-refractivity contribution in [2.75, 3.05) is 6.61 Å². The second-order valence-electron chi connectivity index (χ2n) is 3.36. The molecule has 2 heteroatoms. The lowest BCUT2D eigenvalue weighted by molar-refractivity contribution is 0.303. The molecule has 0 fully saturated rings. The van der Waals surface area contributed by atoms with Crippen LogP contribution in [-0.4, -0.2) is 14.9 Å². The maximum Gasteiger partial charge on any atom is 0.210 e. The summed E-state index contributed by atoms with van der Waals surface area (Å²) in [6.07, 6.45) is 3.74. The fourth-order valence-electron chi connectivity index (χ4n) is 0.746. The van der Waals surface area contributed by atoms with Crippen LogP contribution in [0.25, 0.3) is 0 Å². The zero-order chi connectivity index (χ0) is 8.74. The number of hydrogen-bond acceptors (Lipinski definition) is 1. The molecule has 0 amide bonds. The smallest absolute Gasteiger partial charge is 0.210 e. The van der Waals surface area contributed by atoms with Crippen molar-refractivity contribution in [1.82, 2.24) is 0 Å². The SMILES string of the molecule is C=C[Si](C)(C)OCCCCC. The molecular formula is C9H20OSi. The third kappa shape index (κ3) is 6.32. The van der Waals surface area contributed by atoms with Crippen molar-refractivity contribution in [3.8, 4) is 0 Å². The maximum atomic E-state index is 5.70. The molecule has 0 radical (unpaired) electrons. The Bertz CT molecular complexity index is 110. The van der Waals surface area contributed by atoms with E-state index < -0.39 is 8.32 Å². The van der Waals surface area contributed by atoms with Crippen molar-refractivity contribution in [1.29, 1.82) is 0 Å². The molecule has 11 heavy (non-hydrogen) atoms. The first kappa shape index (κ1) is 10.9. The highest BCUT2D eigenvalue weighted by molar-refractivity contribution is 6.76. The molecule has 0 atom stereocenters. The van der Waals surface area contributed by atoms with Gasteiger partial charge in [0.25, 0.3) is 0 Å². The Labute approximate surface area is 71.6 Å². The number of hydrogen-bond donors (Lipinski definition) is 0. The van der Waals surface area contributed by atoms with Gasteiger partial charge in [0.1, 0.15) is 0 Å². The van der Waals surface area contributed by atoms with Crippen LogP contribution >= 0.6 is 0 Å². The van der Waals surface area contributed by atoms with Crippen LogP contribution in [0.15, 0.2) is 12.3 Å². The van der Waals surface area contributed by atoms with Gasteiger partial charge >= 0.3 is 0 Å². The lowest BCUT2D eigenvalue weighted by Crippen LogP contribution is -2.27. The fraction of sp³-hybridized carbons (Fsp3) is 0.778. The third-order valence-corrected chi connectivity index (χ3v) is 3.64. The van der Waals surface area contributed by atoms with Crippen LogP contribution in [0, 0.1) is 0 Å². The Morgan fingerprint density at radius 2 is 2.00 bits per heavy atom. The highest BCUT2D eigenvalue weighted by Gasteiger charge is 2.15. The van der Waals surface area contributed by atoms with Gasteiger partial charge < -0.3 is 4.43 Å². The van der Waals surface area contributed by atoms with Crippen LogP contribution in [0.4, 0.5) is 0 Å². The van der Waals surface area contributed by atoms with E-state index in [0.29, 0.717) is 0 Å². The summed E-state index contributed by atoms with van der Waals surface area (Å²) in [5, 5.41) is 0. The summed E-state index contributed by atoms with van der Waals surface area (Å²) in [6, 6.07) is 0. The van der Waals surface area contributed by atoms with Gasteiger partial charge in [0, 0.05) is 6.61 Å². The molecule has 0 aromatic carbocycles. The van der Waals surface area contributed by atoms with Crippen molar-refractivity contribution in [2.45, 2.75) is 39.3 Å². The van der Waals surface area contributed by atoms with E-state index in [1.54, 1.807) is 0 Å². The molecule has 0 aliphatic carbocycles. The Hall–Kier alpha value is -0.0831. The largest absolute Gasteiger partial charge is 0.414 e. The molecule has 0 spiro atoms. The normalized spacial score (nSPS) is 11.5. The first-order chi connectivity index (χ1) is 5.12. The van der Waals surface area contributed by atoms with Gasteiger partial charge in [0.15, 0.2) is 0 Å². The monoisotopic (exact) mass is 172 g/mol. The van der Waals surface area contributed by atoms with Crippen molar-refractivity contribution in [2.24, 2.45) is 0 Å². The Morgan fingerprint density at radius 3 is 2.45 bits per heavy atom. The van der Waals surface area contributed by atoms with Crippen molar-refractivity contribution >= 4 is 8.32 Å². The van der Waals surface area contributed by atoms with Gasteiger partial charge in [-0.15, -0.1) is 6.58 Å². The first-order valence-corrected chi connectivity index (χ1v) is 7.38. The summed E-state index contributed by atoms with van der Waals surface area (Å²) >= 11 is 0. The summed E-state index contributed by atoms with van der Waals surface area (Å²) in [4.78, 5) is 0. The third-order valence-electron chi connectivity index (χ3n) is 1.71. The fourth-order valence-corrected chi connectivity index (χ4v) is 1.53. The predicted molar refractivity (Wildman–Crippen MR) is 53.2 cm³/mol. The van der Waals surface area contributed by atoms with Crippen LogP contribution in [0.1, 0.15) is 26.2 Å². The van der Waals surface area contributed by atoms with Gasteiger partial charge in [-0.2, -0.15) is 0 Å². The van der Waals surface area contributed by atoms with Crippen molar-refractivity contribution in [3.05, 3.63) is 12.3 Å². The Morgan fingerprint density at radius 1 is 1.36 bits per heavy atom. The summed E-state index contributed by atoms with van der Waals surface area (Å²) in [5.41, 5.74) is 1.99. The Balaban J connectivity index is 3.30. The average molecular weight is 172 g/mol. The molecule has 0 unspecified atom stereocenters. The predicted octanol–water partition coefficient (Wildman–Crippen LogP) is 3.12. The molecule has 0 aliphatic rings. The van der Waals surface area contributed by atoms with Gasteiger partial charge in [-0.05, 0) is 19.5 Å². The molecule has 1 nitrogen and oxygen atoms in total. The quantitative estimate of drug-likeness (QED) is 0.442. The summed E-state index contributed by atoms with van der Waals surface area (Å²) < 4.78 is 5.70. The molecule has 0 rings (SSSR count). The molecule has 0 bridgehead atoms. The minimum atomic E-state index is -1.46. The zero-order valence-corrected chi connectivity index (χ0v) is 9.02. The molecule has 0 aromatic heterocycles. The molecule has 0 saturated heterocycles. The summed E-state index contributed by atoms with van der Waals surface area (Å²) in [7, 11) is -1.46. The van der Waals surface area contributed by atoms with E-state index in [1.165, 1.54) is 19.3 Å². The lowest BCUT2D eigenvalue weighted by Gasteiger charge is -2.17. The topological polar surface area (TPSA) is 9.23 Å². The van der Waals surface area contributed by atoms with E-state index in [0.717, 1.165) is 6.61 Å². The standard InChI is InChI=1S/C9H20OSi/c1-5-7-8-9-10-11(3,4)6-2/h6H,2,5,7-9H2,1,3-4H3. The van der Waals surface area contributed by atoms with E-state index in [2.05, 4.69) is 26.6 Å². The molecule has 0 saturated carbocycles. The van der Waals surface area contributed by atoms with Crippen LogP contribution in [-0.2, 0) is 4.43 Å². The molecular weight excluding hydrogens is 152 g/mol. The second-order valence-corrected chi connectivity index (χ2v) is 7.27. The molecule has 0 heterocycles. The van der Waals surface area contributed by atoms with Gasteiger partial charge in [-0.1, -0.05) is 25.5 Å². The molecule has 0 aromatic rings. The minimum absolute atomic E-state index is 0.916. The van der Waals surface area contributed by atoms with Gasteiger partial charge in [-0.3, -0.25) is 0 Å². The van der Waals surface area contributed by atoms with E-state index in [-0.39, 0.29) is 0 Å². The Kier molecular flexibility index (Phi) is 5.51. The second kappa shape index (κ2) is 5.55. The van der Waals surface area contributed by atoms with Crippen LogP contribution in [0.2, 0.25) is 13.1 Å². The average Bonchev–Trinajstić information content (AvgIpc) is 1.99. The highest BCUT2D eigenvalue weighted by atomic mass is 28.4. The van der Waals surface area contributed by atoms with E-state index in [9.17, 15) is 0 Å². The first-order valence-electron chi connectivity index (χ1n) is 4.40. The lowest BCUT2D eigenvalue weighted by atomic mass is 10.3. The van der Waals surface area contributed by atoms with E-state index in [1.807, 2.05) is 5.70 Å². The number of rotatable bonds is 6. The van der Waals surface area contributed by atoms with Crippen LogP contribution in [0.3, 0.4) is 0 Å². The number of unbranched alkanes of at least 4 members (excludes halogenated alkanes) is 2. The maximum absolute atomic E-state index is 5.70. The van der Waals surface area contributed by atoms with Crippen LogP contribution in [0.5, 0.6) is 0 Å². The van der Waals surface area contributed by atoms with Crippen molar-refractivity contribution in [3.63, 3.8) is 0 Å². The summed E-state index contributed by atoms with van der Waals surface area (Å²) in [6.45, 7) is 11.2. The zero-order valence-electron chi connectivity index (χ0n) is 8.02. The van der Waals surface area contributed by atoms with Gasteiger partial charge in [0.2, 0.25) is 8.32 Å².